The first kappa shape index (κ1) is 15.9. The zero-order valence-corrected chi connectivity index (χ0v) is 12.6. The van der Waals surface area contributed by atoms with E-state index in [9.17, 15) is 17.6 Å². The first-order valence-corrected chi connectivity index (χ1v) is 8.20. The largest absolute Gasteiger partial charge is 0.469 e. The van der Waals surface area contributed by atoms with Crippen LogP contribution in [-0.2, 0) is 19.6 Å². The van der Waals surface area contributed by atoms with Gasteiger partial charge in [0, 0.05) is 19.5 Å². The van der Waals surface area contributed by atoms with Gasteiger partial charge in [0.05, 0.1) is 12.0 Å². The molecule has 21 heavy (non-hydrogen) atoms. The van der Waals surface area contributed by atoms with Gasteiger partial charge in [-0.3, -0.25) is 4.79 Å². The molecule has 1 aliphatic rings. The lowest BCUT2D eigenvalue weighted by molar-refractivity contribution is -0.142. The quantitative estimate of drug-likeness (QED) is 0.795. The van der Waals surface area contributed by atoms with Gasteiger partial charge < -0.3 is 4.74 Å². The Hall–Kier alpha value is -1.47. The standard InChI is InChI=1S/C14H18FNO4S/c1-20-14(17)9-11-3-2-8-16(10-11)21(18,19)13-6-4-12(15)5-7-13/h4-7,11H,2-3,8-10H2,1H3. The Morgan fingerprint density at radius 3 is 2.67 bits per heavy atom. The van der Waals surface area contributed by atoms with Crippen LogP contribution >= 0.6 is 0 Å². The van der Waals surface area contributed by atoms with Crippen LogP contribution in [0.2, 0.25) is 0 Å². The molecule has 1 aliphatic heterocycles. The minimum atomic E-state index is -3.64. The van der Waals surface area contributed by atoms with E-state index in [1.54, 1.807) is 0 Å². The second-order valence-corrected chi connectivity index (χ2v) is 7.04. The molecule has 1 aromatic rings. The van der Waals surface area contributed by atoms with Crippen LogP contribution in [0.3, 0.4) is 0 Å². The number of nitrogens with zero attached hydrogens (tertiary/aromatic N) is 1. The molecule has 0 amide bonds. The third kappa shape index (κ3) is 3.79. The lowest BCUT2D eigenvalue weighted by atomic mass is 9.96. The molecule has 0 bridgehead atoms. The van der Waals surface area contributed by atoms with Crippen LogP contribution in [0.25, 0.3) is 0 Å². The Morgan fingerprint density at radius 2 is 2.05 bits per heavy atom. The Labute approximate surface area is 123 Å². The second kappa shape index (κ2) is 6.53. The minimum absolute atomic E-state index is 0.0403. The number of hydrogen-bond acceptors (Lipinski definition) is 4. The maximum atomic E-state index is 12.9. The van der Waals surface area contributed by atoms with Gasteiger partial charge in [0.25, 0.3) is 0 Å². The Bertz CT molecular complexity index is 600. The molecule has 116 valence electrons. The van der Waals surface area contributed by atoms with Crippen molar-refractivity contribution in [2.24, 2.45) is 5.92 Å². The Balaban J connectivity index is 2.12. The summed E-state index contributed by atoms with van der Waals surface area (Å²) in [4.78, 5) is 11.4. The molecular weight excluding hydrogens is 297 g/mol. The highest BCUT2D eigenvalue weighted by Crippen LogP contribution is 2.25. The smallest absolute Gasteiger partial charge is 0.305 e. The SMILES string of the molecule is COC(=O)CC1CCCN(S(=O)(=O)c2ccc(F)cc2)C1. The van der Waals surface area contributed by atoms with Crippen LogP contribution in [0.1, 0.15) is 19.3 Å². The first-order chi connectivity index (χ1) is 9.93. The number of hydrogen-bond donors (Lipinski definition) is 0. The van der Waals surface area contributed by atoms with Crippen LogP contribution in [-0.4, -0.2) is 38.9 Å². The molecule has 0 aromatic heterocycles. The number of carbonyl (C=O) groups excluding carboxylic acids is 1. The monoisotopic (exact) mass is 315 g/mol. The van der Waals surface area contributed by atoms with Crippen molar-refractivity contribution in [3.8, 4) is 0 Å². The summed E-state index contributed by atoms with van der Waals surface area (Å²) in [5.74, 6) is -0.849. The molecule has 0 spiro atoms. The van der Waals surface area contributed by atoms with Gasteiger partial charge in [-0.2, -0.15) is 4.31 Å². The zero-order chi connectivity index (χ0) is 15.5. The van der Waals surface area contributed by atoms with Gasteiger partial charge in [0.15, 0.2) is 0 Å². The summed E-state index contributed by atoms with van der Waals surface area (Å²) >= 11 is 0. The summed E-state index contributed by atoms with van der Waals surface area (Å²) in [7, 11) is -2.32. The van der Waals surface area contributed by atoms with Gasteiger partial charge in [-0.05, 0) is 43.0 Å². The summed E-state index contributed by atoms with van der Waals surface area (Å²) < 4.78 is 43.9. The minimum Gasteiger partial charge on any atom is -0.469 e. The van der Waals surface area contributed by atoms with Gasteiger partial charge in [0.2, 0.25) is 10.0 Å². The highest BCUT2D eigenvalue weighted by atomic mass is 32.2. The lowest BCUT2D eigenvalue weighted by Crippen LogP contribution is -2.40. The van der Waals surface area contributed by atoms with E-state index in [-0.39, 0.29) is 29.7 Å². The molecule has 1 heterocycles. The molecule has 1 unspecified atom stereocenters. The van der Waals surface area contributed by atoms with Crippen molar-refractivity contribution in [2.75, 3.05) is 20.2 Å². The number of sulfonamides is 1. The third-order valence-corrected chi connectivity index (χ3v) is 5.50. The molecule has 5 nitrogen and oxygen atoms in total. The maximum absolute atomic E-state index is 12.9. The van der Waals surface area contributed by atoms with Crippen molar-refractivity contribution in [1.29, 1.82) is 0 Å². The Kier molecular flexibility index (Phi) is 4.95. The van der Waals surface area contributed by atoms with E-state index in [2.05, 4.69) is 4.74 Å². The van der Waals surface area contributed by atoms with E-state index in [1.165, 1.54) is 23.5 Å². The highest BCUT2D eigenvalue weighted by Gasteiger charge is 2.31. The molecule has 2 rings (SSSR count). The number of halogens is 1. The summed E-state index contributed by atoms with van der Waals surface area (Å²) in [6.07, 6.45) is 1.71. The van der Waals surface area contributed by atoms with E-state index < -0.39 is 15.8 Å². The van der Waals surface area contributed by atoms with Crippen molar-refractivity contribution in [1.82, 2.24) is 4.31 Å². The van der Waals surface area contributed by atoms with E-state index >= 15 is 0 Å². The average Bonchev–Trinajstić information content (AvgIpc) is 2.48. The predicted octanol–water partition coefficient (Wildman–Crippen LogP) is 1.79. The Morgan fingerprint density at radius 1 is 1.38 bits per heavy atom. The molecule has 0 aliphatic carbocycles. The molecule has 1 aromatic carbocycles. The summed E-state index contributed by atoms with van der Waals surface area (Å²) in [5.41, 5.74) is 0. The summed E-state index contributed by atoms with van der Waals surface area (Å²) in [6.45, 7) is 0.701. The number of rotatable bonds is 4. The second-order valence-electron chi connectivity index (χ2n) is 5.11. The van der Waals surface area contributed by atoms with Crippen LogP contribution in [0.15, 0.2) is 29.2 Å². The van der Waals surface area contributed by atoms with E-state index in [0.29, 0.717) is 13.0 Å². The van der Waals surface area contributed by atoms with Crippen molar-refractivity contribution in [2.45, 2.75) is 24.2 Å². The third-order valence-electron chi connectivity index (χ3n) is 3.62. The molecule has 0 radical (unpaired) electrons. The van der Waals surface area contributed by atoms with E-state index in [1.807, 2.05) is 0 Å². The van der Waals surface area contributed by atoms with Crippen molar-refractivity contribution in [3.05, 3.63) is 30.1 Å². The number of ether oxygens (including phenoxy) is 1. The predicted molar refractivity (Wildman–Crippen MR) is 74.5 cm³/mol. The highest BCUT2D eigenvalue weighted by molar-refractivity contribution is 7.89. The van der Waals surface area contributed by atoms with Crippen LogP contribution in [0, 0.1) is 11.7 Å². The molecule has 1 saturated heterocycles. The van der Waals surface area contributed by atoms with Gasteiger partial charge in [-0.15, -0.1) is 0 Å². The van der Waals surface area contributed by atoms with E-state index in [4.69, 9.17) is 0 Å². The number of esters is 1. The maximum Gasteiger partial charge on any atom is 0.305 e. The van der Waals surface area contributed by atoms with Gasteiger partial charge >= 0.3 is 5.97 Å². The molecular formula is C14H18FNO4S. The lowest BCUT2D eigenvalue weighted by Gasteiger charge is -2.31. The fourth-order valence-electron chi connectivity index (χ4n) is 2.49. The number of piperidine rings is 1. The average molecular weight is 315 g/mol. The van der Waals surface area contributed by atoms with Gasteiger partial charge in [0.1, 0.15) is 5.82 Å². The number of carbonyl (C=O) groups is 1. The van der Waals surface area contributed by atoms with E-state index in [0.717, 1.165) is 18.6 Å². The zero-order valence-electron chi connectivity index (χ0n) is 11.8. The molecule has 1 fully saturated rings. The topological polar surface area (TPSA) is 63.7 Å². The summed E-state index contributed by atoms with van der Waals surface area (Å²) in [5, 5.41) is 0. The van der Waals surface area contributed by atoms with Gasteiger partial charge in [-0.1, -0.05) is 0 Å². The van der Waals surface area contributed by atoms with Crippen LogP contribution in [0.4, 0.5) is 4.39 Å². The summed E-state index contributed by atoms with van der Waals surface area (Å²) in [6, 6.07) is 4.77. The van der Waals surface area contributed by atoms with Gasteiger partial charge in [-0.25, -0.2) is 12.8 Å². The molecule has 0 saturated carbocycles. The number of methoxy groups -OCH3 is 1. The molecule has 1 atom stereocenters. The van der Waals surface area contributed by atoms with Crippen molar-refractivity contribution < 1.29 is 22.3 Å². The first-order valence-electron chi connectivity index (χ1n) is 6.76. The molecule has 7 heteroatoms. The fourth-order valence-corrected chi connectivity index (χ4v) is 4.04. The van der Waals surface area contributed by atoms with Crippen LogP contribution in [0.5, 0.6) is 0 Å². The fraction of sp³-hybridized carbons (Fsp3) is 0.500. The number of benzene rings is 1. The normalized spacial score (nSPS) is 20.2. The molecule has 0 N–H and O–H groups in total. The van der Waals surface area contributed by atoms with Crippen molar-refractivity contribution in [3.63, 3.8) is 0 Å². The van der Waals surface area contributed by atoms with Crippen LogP contribution < -0.4 is 0 Å². The van der Waals surface area contributed by atoms with Crippen molar-refractivity contribution >= 4 is 16.0 Å².